The van der Waals surface area contributed by atoms with Gasteiger partial charge in [-0.3, -0.25) is 0 Å². The van der Waals surface area contributed by atoms with E-state index in [-0.39, 0.29) is 6.10 Å². The van der Waals surface area contributed by atoms with Crippen LogP contribution in [0.2, 0.25) is 0 Å². The summed E-state index contributed by atoms with van der Waals surface area (Å²) in [5.74, 6) is 1.47. The number of carbonyl (C=O) groups excluding carboxylic acids is 1. The van der Waals surface area contributed by atoms with E-state index in [1.165, 1.54) is 5.56 Å². The minimum Gasteiger partial charge on any atom is -0.493 e. The topological polar surface area (TPSA) is 87.6 Å². The Hall–Kier alpha value is -3.90. The maximum Gasteiger partial charge on any atom is 0.327 e. The number of ether oxygens (including phenoxy) is 2. The average molecular weight is 496 g/mol. The van der Waals surface area contributed by atoms with Gasteiger partial charge in [-0.15, -0.1) is 0 Å². The molecule has 1 radical (unpaired) electrons. The predicted octanol–water partition coefficient (Wildman–Crippen LogP) is 6.22. The fourth-order valence-corrected chi connectivity index (χ4v) is 4.58. The Morgan fingerprint density at radius 2 is 1.70 bits per heavy atom. The van der Waals surface area contributed by atoms with Gasteiger partial charge in [-0.25, -0.2) is 9.78 Å². The summed E-state index contributed by atoms with van der Waals surface area (Å²) >= 11 is 0. The molecule has 0 saturated heterocycles. The van der Waals surface area contributed by atoms with E-state index in [1.54, 1.807) is 12.1 Å². The first-order valence-electron chi connectivity index (χ1n) is 12.8. The van der Waals surface area contributed by atoms with Crippen molar-refractivity contribution in [2.75, 3.05) is 6.61 Å². The maximum atomic E-state index is 12.4. The quantitative estimate of drug-likeness (QED) is 0.277. The maximum absolute atomic E-state index is 12.4. The van der Waals surface area contributed by atoms with Gasteiger partial charge in [0.05, 0.1) is 12.3 Å². The van der Waals surface area contributed by atoms with E-state index in [1.807, 2.05) is 43.3 Å². The number of aromatic nitrogens is 1. The van der Waals surface area contributed by atoms with Gasteiger partial charge in [0.2, 0.25) is 5.89 Å². The lowest BCUT2D eigenvalue weighted by Gasteiger charge is -2.16. The Labute approximate surface area is 217 Å². The molecule has 1 heterocycles. The molecule has 0 bridgehead atoms. The third-order valence-electron chi connectivity index (χ3n) is 6.69. The molecule has 4 aromatic rings. The Kier molecular flexibility index (Phi) is 7.66. The van der Waals surface area contributed by atoms with Gasteiger partial charge in [-0.2, -0.15) is 0 Å². The molecule has 3 aromatic carbocycles. The Morgan fingerprint density at radius 3 is 2.46 bits per heavy atom. The van der Waals surface area contributed by atoms with Crippen LogP contribution in [0.3, 0.4) is 0 Å². The first kappa shape index (κ1) is 24.8. The highest BCUT2D eigenvalue weighted by Crippen LogP contribution is 2.27. The molecule has 189 valence electrons. The van der Waals surface area contributed by atoms with E-state index < -0.39 is 12.0 Å². The highest BCUT2D eigenvalue weighted by atomic mass is 16.5. The molecule has 5 rings (SSSR count). The lowest BCUT2D eigenvalue weighted by atomic mass is 10.0. The number of oxazole rings is 1. The molecule has 37 heavy (non-hydrogen) atoms. The first-order valence-corrected chi connectivity index (χ1v) is 12.8. The molecule has 0 aliphatic heterocycles. The van der Waals surface area contributed by atoms with Crippen LogP contribution in [0, 0.1) is 13.0 Å². The van der Waals surface area contributed by atoms with E-state index in [0.29, 0.717) is 30.2 Å². The number of esters is 1. The van der Waals surface area contributed by atoms with Crippen molar-refractivity contribution in [3.05, 3.63) is 95.9 Å². The zero-order chi connectivity index (χ0) is 25.6. The zero-order valence-corrected chi connectivity index (χ0v) is 21.0. The van der Waals surface area contributed by atoms with Crippen molar-refractivity contribution in [1.29, 1.82) is 0 Å². The Morgan fingerprint density at radius 1 is 1.00 bits per heavy atom. The summed E-state index contributed by atoms with van der Waals surface area (Å²) in [7, 11) is 0. The number of nitrogens with zero attached hydrogens (tertiary/aromatic N) is 1. The third-order valence-corrected chi connectivity index (χ3v) is 6.69. The first-order chi connectivity index (χ1) is 18.1. The van der Waals surface area contributed by atoms with Gasteiger partial charge < -0.3 is 19.6 Å². The minimum absolute atomic E-state index is 0.0182. The molecule has 6 nitrogen and oxygen atoms in total. The molecule has 1 aliphatic carbocycles. The lowest BCUT2D eigenvalue weighted by molar-refractivity contribution is -0.150. The molecule has 1 aromatic heterocycles. The second kappa shape index (κ2) is 11.4. The summed E-state index contributed by atoms with van der Waals surface area (Å²) in [5, 5.41) is 0. The average Bonchev–Trinajstić information content (AvgIpc) is 3.58. The fourth-order valence-electron chi connectivity index (χ4n) is 4.58. The van der Waals surface area contributed by atoms with Crippen molar-refractivity contribution in [2.45, 2.75) is 51.2 Å². The Balaban J connectivity index is 1.17. The number of nitrogens with two attached hydrogens (primary N) is 1. The third kappa shape index (κ3) is 6.09. The summed E-state index contributed by atoms with van der Waals surface area (Å²) in [4.78, 5) is 17.1. The molecule has 2 N–H and O–H groups in total. The summed E-state index contributed by atoms with van der Waals surface area (Å²) in [6, 6.07) is 26.0. The molecule has 1 atom stereocenters. The normalized spacial score (nSPS) is 14.4. The second-order valence-electron chi connectivity index (χ2n) is 9.36. The standard InChI is InChI=1S/C31H31N2O4/c1-21-28(33-30(36-21)24-16-14-23(15-17-24)22-8-3-2-4-9-22)18-19-35-27-13-7-10-25(20-27)29(32)31(34)37-26-11-5-6-12-26/h2-4,7-10,13-17,26,29H,5-6,11-12,18-19,32H2,1H3. The number of rotatable bonds is 9. The number of benzene rings is 3. The predicted molar refractivity (Wildman–Crippen MR) is 142 cm³/mol. The molecule has 0 spiro atoms. The number of aryl methyl sites for hydroxylation is 1. The van der Waals surface area contributed by atoms with E-state index in [0.717, 1.165) is 48.3 Å². The number of hydrogen-bond donors (Lipinski definition) is 1. The van der Waals surface area contributed by atoms with E-state index >= 15 is 0 Å². The molecule has 1 unspecified atom stereocenters. The van der Waals surface area contributed by atoms with E-state index in [4.69, 9.17) is 24.6 Å². The number of hydrogen-bond acceptors (Lipinski definition) is 6. The van der Waals surface area contributed by atoms with Gasteiger partial charge in [0.1, 0.15) is 23.7 Å². The van der Waals surface area contributed by atoms with Gasteiger partial charge in [0.25, 0.3) is 0 Å². The van der Waals surface area contributed by atoms with Gasteiger partial charge in [0.15, 0.2) is 0 Å². The van der Waals surface area contributed by atoms with Crippen molar-refractivity contribution < 1.29 is 18.7 Å². The highest BCUT2D eigenvalue weighted by Gasteiger charge is 2.24. The van der Waals surface area contributed by atoms with Gasteiger partial charge in [-0.1, -0.05) is 54.6 Å². The van der Waals surface area contributed by atoms with E-state index in [2.05, 4.69) is 30.3 Å². The van der Waals surface area contributed by atoms with Crippen molar-refractivity contribution in [2.24, 2.45) is 5.73 Å². The molecule has 1 fully saturated rings. The van der Waals surface area contributed by atoms with Crippen molar-refractivity contribution in [3.63, 3.8) is 0 Å². The van der Waals surface area contributed by atoms with Crippen LogP contribution in [0.25, 0.3) is 22.6 Å². The van der Waals surface area contributed by atoms with Gasteiger partial charge >= 0.3 is 5.97 Å². The van der Waals surface area contributed by atoms with Crippen LogP contribution in [-0.4, -0.2) is 23.7 Å². The van der Waals surface area contributed by atoms with Crippen LogP contribution in [0.4, 0.5) is 0 Å². The largest absolute Gasteiger partial charge is 0.493 e. The van der Waals surface area contributed by atoms with Gasteiger partial charge in [0, 0.05) is 18.1 Å². The highest BCUT2D eigenvalue weighted by molar-refractivity contribution is 5.77. The van der Waals surface area contributed by atoms with Crippen LogP contribution >= 0.6 is 0 Å². The summed E-state index contributed by atoms with van der Waals surface area (Å²) in [5.41, 5.74) is 10.8. The van der Waals surface area contributed by atoms with Gasteiger partial charge in [-0.05, 0) is 67.5 Å². The molecule has 1 aliphatic rings. The molecular formula is C31H31N2O4. The minimum atomic E-state index is -0.877. The summed E-state index contributed by atoms with van der Waals surface area (Å²) in [6.45, 7) is 2.30. The monoisotopic (exact) mass is 495 g/mol. The van der Waals surface area contributed by atoms with Crippen LogP contribution in [0.5, 0.6) is 5.75 Å². The molecule has 6 heteroatoms. The molecular weight excluding hydrogens is 464 g/mol. The zero-order valence-electron chi connectivity index (χ0n) is 21.0. The van der Waals surface area contributed by atoms with Crippen molar-refractivity contribution in [1.82, 2.24) is 4.98 Å². The van der Waals surface area contributed by atoms with Crippen molar-refractivity contribution in [3.8, 4) is 28.3 Å². The summed E-state index contributed by atoms with van der Waals surface area (Å²) < 4.78 is 17.4. The van der Waals surface area contributed by atoms with Crippen LogP contribution < -0.4 is 10.5 Å². The number of carbonyl (C=O) groups is 1. The summed E-state index contributed by atoms with van der Waals surface area (Å²) in [6.07, 6.45) is 4.56. The smallest absolute Gasteiger partial charge is 0.327 e. The van der Waals surface area contributed by atoms with Crippen LogP contribution in [0.15, 0.2) is 77.2 Å². The SMILES string of the molecule is Cc1oc(-c2ccc(-c3ccccc3)cc2)nc1CCOc1[c]c(C(N)C(=O)OC2CCCC2)ccc1. The molecule has 0 amide bonds. The van der Waals surface area contributed by atoms with Crippen LogP contribution in [0.1, 0.15) is 48.7 Å². The second-order valence-corrected chi connectivity index (χ2v) is 9.36. The van der Waals surface area contributed by atoms with E-state index in [9.17, 15) is 4.79 Å². The fraction of sp³-hybridized carbons (Fsp3) is 0.290. The van der Waals surface area contributed by atoms with Crippen LogP contribution in [-0.2, 0) is 16.0 Å². The van der Waals surface area contributed by atoms with Crippen molar-refractivity contribution >= 4 is 5.97 Å². The lowest BCUT2D eigenvalue weighted by Crippen LogP contribution is -2.27. The Bertz CT molecular complexity index is 1330. The molecule has 1 saturated carbocycles.